The van der Waals surface area contributed by atoms with Gasteiger partial charge in [-0.15, -0.1) is 0 Å². The largest absolute Gasteiger partial charge is 0.456 e. The molecular formula is C58H38N2O. The van der Waals surface area contributed by atoms with Gasteiger partial charge < -0.3 is 13.9 Å². The lowest BCUT2D eigenvalue weighted by Gasteiger charge is -2.26. The normalized spacial score (nSPS) is 11.6. The van der Waals surface area contributed by atoms with Gasteiger partial charge in [-0.3, -0.25) is 0 Å². The van der Waals surface area contributed by atoms with Crippen LogP contribution in [0.5, 0.6) is 0 Å². The van der Waals surface area contributed by atoms with E-state index in [0.29, 0.717) is 0 Å². The van der Waals surface area contributed by atoms with E-state index in [1.54, 1.807) is 0 Å². The molecule has 0 fully saturated rings. The number of anilines is 3. The second-order valence-electron chi connectivity index (χ2n) is 15.7. The van der Waals surface area contributed by atoms with Crippen molar-refractivity contribution in [3.8, 4) is 39.1 Å². The van der Waals surface area contributed by atoms with Crippen molar-refractivity contribution in [2.45, 2.75) is 0 Å². The Morgan fingerprint density at radius 1 is 0.311 bits per heavy atom. The van der Waals surface area contributed by atoms with E-state index in [2.05, 4.69) is 234 Å². The molecule has 0 aliphatic rings. The molecule has 0 saturated heterocycles. The van der Waals surface area contributed by atoms with Gasteiger partial charge in [0, 0.05) is 44.3 Å². The fourth-order valence-corrected chi connectivity index (χ4v) is 9.31. The molecule has 12 aromatic rings. The number of furan rings is 1. The first-order chi connectivity index (χ1) is 30.2. The second-order valence-corrected chi connectivity index (χ2v) is 15.7. The maximum Gasteiger partial charge on any atom is 0.136 e. The van der Waals surface area contributed by atoms with E-state index in [-0.39, 0.29) is 0 Å². The van der Waals surface area contributed by atoms with Crippen molar-refractivity contribution in [1.29, 1.82) is 0 Å². The molecular weight excluding hydrogens is 741 g/mol. The molecule has 0 bridgehead atoms. The SMILES string of the molecule is c1ccc(-c2ccc(-c3ccc(N(c4ccccc4)c4ccc5c(-c6ccc7c8ccccc8n(-c8ccccc8)c7c6)cc6oc7ccccc7c6c5c4)cc3)cc2)cc1. The zero-order valence-corrected chi connectivity index (χ0v) is 33.2. The summed E-state index contributed by atoms with van der Waals surface area (Å²) in [5.74, 6) is 0. The van der Waals surface area contributed by atoms with E-state index < -0.39 is 0 Å². The van der Waals surface area contributed by atoms with Crippen LogP contribution in [0.3, 0.4) is 0 Å². The van der Waals surface area contributed by atoms with Gasteiger partial charge in [0.2, 0.25) is 0 Å². The standard InChI is InChI=1S/C58H38N2O/c1-4-14-39(15-5-1)40-24-26-41(27-25-40)42-28-31-46(32-29-42)59(44-16-6-2-7-17-44)47-33-35-48-52(38-57-58(53(48)37-47)51-21-11-13-23-56(51)61-57)43-30-34-50-49-20-10-12-22-54(49)60(55(50)36-43)45-18-8-3-9-19-45/h1-38H. The van der Waals surface area contributed by atoms with Gasteiger partial charge in [-0.1, -0.05) is 158 Å². The van der Waals surface area contributed by atoms with E-state index >= 15 is 0 Å². The fraction of sp³-hybridized carbons (Fsp3) is 0. The van der Waals surface area contributed by atoms with E-state index in [1.807, 2.05) is 6.07 Å². The molecule has 0 spiro atoms. The lowest BCUT2D eigenvalue weighted by molar-refractivity contribution is 0.669. The molecule has 3 nitrogen and oxygen atoms in total. The Bertz CT molecular complexity index is 3550. The summed E-state index contributed by atoms with van der Waals surface area (Å²) in [7, 11) is 0. The summed E-state index contributed by atoms with van der Waals surface area (Å²) >= 11 is 0. The third-order valence-corrected chi connectivity index (χ3v) is 12.2. The molecule has 2 aromatic heterocycles. The van der Waals surface area contributed by atoms with Crippen LogP contribution in [0.2, 0.25) is 0 Å². The molecule has 0 unspecified atom stereocenters. The first-order valence-corrected chi connectivity index (χ1v) is 20.8. The maximum atomic E-state index is 6.69. The van der Waals surface area contributed by atoms with E-state index in [9.17, 15) is 0 Å². The van der Waals surface area contributed by atoms with Crippen LogP contribution < -0.4 is 4.90 Å². The molecule has 0 saturated carbocycles. The number of hydrogen-bond acceptors (Lipinski definition) is 2. The summed E-state index contributed by atoms with van der Waals surface area (Å²) < 4.78 is 9.08. The van der Waals surface area contributed by atoms with Gasteiger partial charge >= 0.3 is 0 Å². The predicted octanol–water partition coefficient (Wildman–Crippen LogP) is 16.3. The number of rotatable bonds is 7. The Kier molecular flexibility index (Phi) is 8.17. The number of para-hydroxylation sites is 4. The molecule has 0 N–H and O–H groups in total. The van der Waals surface area contributed by atoms with Crippen molar-refractivity contribution in [1.82, 2.24) is 4.57 Å². The van der Waals surface area contributed by atoms with Crippen LogP contribution in [0.15, 0.2) is 235 Å². The van der Waals surface area contributed by atoms with Crippen LogP contribution in [0.4, 0.5) is 17.1 Å². The Hall–Kier alpha value is -8.14. The van der Waals surface area contributed by atoms with Crippen LogP contribution >= 0.6 is 0 Å². The molecule has 61 heavy (non-hydrogen) atoms. The minimum absolute atomic E-state index is 0.874. The lowest BCUT2D eigenvalue weighted by Crippen LogP contribution is -2.09. The fourth-order valence-electron chi connectivity index (χ4n) is 9.31. The van der Waals surface area contributed by atoms with Crippen LogP contribution in [-0.2, 0) is 0 Å². The lowest BCUT2D eigenvalue weighted by atomic mass is 9.93. The molecule has 0 radical (unpaired) electrons. The second kappa shape index (κ2) is 14.3. The average Bonchev–Trinajstić information content (AvgIpc) is 3.88. The van der Waals surface area contributed by atoms with Crippen molar-refractivity contribution in [3.63, 3.8) is 0 Å². The number of aromatic nitrogens is 1. The molecule has 2 heterocycles. The highest BCUT2D eigenvalue weighted by molar-refractivity contribution is 6.23. The van der Waals surface area contributed by atoms with Gasteiger partial charge in [0.15, 0.2) is 0 Å². The molecule has 286 valence electrons. The molecule has 0 atom stereocenters. The molecule has 12 rings (SSSR count). The average molecular weight is 779 g/mol. The molecule has 10 aromatic carbocycles. The minimum Gasteiger partial charge on any atom is -0.456 e. The summed E-state index contributed by atoms with van der Waals surface area (Å²) in [6.07, 6.45) is 0. The maximum absolute atomic E-state index is 6.69. The zero-order chi connectivity index (χ0) is 40.3. The number of fused-ring (bicyclic) bond motifs is 8. The molecule has 3 heteroatoms. The Morgan fingerprint density at radius 2 is 0.836 bits per heavy atom. The van der Waals surface area contributed by atoms with E-state index in [0.717, 1.165) is 61.2 Å². The van der Waals surface area contributed by atoms with Gasteiger partial charge in [-0.2, -0.15) is 0 Å². The van der Waals surface area contributed by atoms with Crippen molar-refractivity contribution in [3.05, 3.63) is 231 Å². The number of benzene rings is 10. The van der Waals surface area contributed by atoms with Gasteiger partial charge in [-0.05, 0) is 117 Å². The Labute approximate surface area is 353 Å². The van der Waals surface area contributed by atoms with Crippen molar-refractivity contribution >= 4 is 71.6 Å². The van der Waals surface area contributed by atoms with Crippen molar-refractivity contribution < 1.29 is 4.42 Å². The number of nitrogens with zero attached hydrogens (tertiary/aromatic N) is 2. The van der Waals surface area contributed by atoms with E-state index in [4.69, 9.17) is 4.42 Å². The van der Waals surface area contributed by atoms with Gasteiger partial charge in [0.25, 0.3) is 0 Å². The molecule has 0 aliphatic carbocycles. The first-order valence-electron chi connectivity index (χ1n) is 20.8. The summed E-state index contributed by atoms with van der Waals surface area (Å²) in [5.41, 5.74) is 15.6. The number of hydrogen-bond donors (Lipinski definition) is 0. The Morgan fingerprint density at radius 3 is 1.57 bits per heavy atom. The highest BCUT2D eigenvalue weighted by atomic mass is 16.3. The van der Waals surface area contributed by atoms with Crippen molar-refractivity contribution in [2.75, 3.05) is 4.90 Å². The monoisotopic (exact) mass is 778 g/mol. The van der Waals surface area contributed by atoms with Crippen molar-refractivity contribution in [2.24, 2.45) is 0 Å². The van der Waals surface area contributed by atoms with Crippen LogP contribution in [0, 0.1) is 0 Å². The summed E-state index contributed by atoms with van der Waals surface area (Å²) in [4.78, 5) is 2.35. The van der Waals surface area contributed by atoms with Gasteiger partial charge in [-0.25, -0.2) is 0 Å². The summed E-state index contributed by atoms with van der Waals surface area (Å²) in [6.45, 7) is 0. The smallest absolute Gasteiger partial charge is 0.136 e. The summed E-state index contributed by atoms with van der Waals surface area (Å²) in [6, 6.07) is 82.8. The highest BCUT2D eigenvalue weighted by Crippen LogP contribution is 2.45. The quantitative estimate of drug-likeness (QED) is 0.161. The minimum atomic E-state index is 0.874. The summed E-state index contributed by atoms with van der Waals surface area (Å²) in [5, 5.41) is 7.03. The van der Waals surface area contributed by atoms with Gasteiger partial charge in [0.05, 0.1) is 11.0 Å². The van der Waals surface area contributed by atoms with E-state index in [1.165, 1.54) is 49.4 Å². The van der Waals surface area contributed by atoms with Crippen LogP contribution in [0.25, 0.3) is 93.6 Å². The van der Waals surface area contributed by atoms with Crippen LogP contribution in [-0.4, -0.2) is 4.57 Å². The predicted molar refractivity (Wildman–Crippen MR) is 257 cm³/mol. The third-order valence-electron chi connectivity index (χ3n) is 12.2. The van der Waals surface area contributed by atoms with Crippen LogP contribution in [0.1, 0.15) is 0 Å². The zero-order valence-electron chi connectivity index (χ0n) is 33.2. The third kappa shape index (κ3) is 5.90. The Balaban J connectivity index is 1.02. The molecule has 0 aliphatic heterocycles. The van der Waals surface area contributed by atoms with Gasteiger partial charge in [0.1, 0.15) is 11.2 Å². The highest BCUT2D eigenvalue weighted by Gasteiger charge is 2.20. The first kappa shape index (κ1) is 34.9. The topological polar surface area (TPSA) is 21.3 Å². The molecule has 0 amide bonds.